The first-order chi connectivity index (χ1) is 6.24. The first-order valence-corrected chi connectivity index (χ1v) is 4.66. The van der Waals surface area contributed by atoms with E-state index in [4.69, 9.17) is 0 Å². The predicted molar refractivity (Wildman–Crippen MR) is 57.3 cm³/mol. The lowest BCUT2D eigenvalue weighted by atomic mass is 10.2. The van der Waals surface area contributed by atoms with Crippen molar-refractivity contribution in [2.75, 3.05) is 0 Å². The van der Waals surface area contributed by atoms with Crippen molar-refractivity contribution in [2.24, 2.45) is 0 Å². The summed E-state index contributed by atoms with van der Waals surface area (Å²) in [6, 6.07) is 11.0. The molecular weight excluding hydrogens is 158 g/mol. The third-order valence-corrected chi connectivity index (χ3v) is 2.11. The van der Waals surface area contributed by atoms with E-state index < -0.39 is 0 Å². The first-order valence-electron chi connectivity index (χ1n) is 4.66. The Balaban J connectivity index is 2.62. The van der Waals surface area contributed by atoms with Crippen LogP contribution in [0.25, 0.3) is 0 Å². The van der Waals surface area contributed by atoms with Gasteiger partial charge in [-0.05, 0) is 25.6 Å². The van der Waals surface area contributed by atoms with Crippen molar-refractivity contribution >= 4 is 0 Å². The molecule has 0 spiro atoms. The molecule has 1 aromatic carbocycles. The van der Waals surface area contributed by atoms with E-state index in [1.807, 2.05) is 12.3 Å². The molecule has 0 amide bonds. The van der Waals surface area contributed by atoms with Crippen LogP contribution in [0.15, 0.2) is 43.1 Å². The van der Waals surface area contributed by atoms with Gasteiger partial charge < -0.3 is 4.90 Å². The quantitative estimate of drug-likeness (QED) is 0.680. The summed E-state index contributed by atoms with van der Waals surface area (Å²) in [5.74, 6) is 0. The minimum absolute atomic E-state index is 0.512. The highest BCUT2D eigenvalue weighted by Crippen LogP contribution is 2.07. The Bertz CT molecular complexity index is 251. The monoisotopic (exact) mass is 175 g/mol. The van der Waals surface area contributed by atoms with Crippen LogP contribution in [-0.4, -0.2) is 10.9 Å². The van der Waals surface area contributed by atoms with Crippen LogP contribution in [0.4, 0.5) is 0 Å². The molecule has 1 rings (SSSR count). The second-order valence-corrected chi connectivity index (χ2v) is 3.43. The molecule has 0 aliphatic carbocycles. The van der Waals surface area contributed by atoms with Crippen LogP contribution in [0.1, 0.15) is 19.4 Å². The third kappa shape index (κ3) is 2.94. The molecule has 70 valence electrons. The zero-order chi connectivity index (χ0) is 9.68. The number of benzene rings is 1. The lowest BCUT2D eigenvalue weighted by molar-refractivity contribution is 0.304. The highest BCUT2D eigenvalue weighted by Gasteiger charge is 2.03. The van der Waals surface area contributed by atoms with Crippen LogP contribution >= 0.6 is 0 Å². The van der Waals surface area contributed by atoms with Crippen LogP contribution < -0.4 is 0 Å². The van der Waals surface area contributed by atoms with E-state index in [2.05, 4.69) is 49.6 Å². The van der Waals surface area contributed by atoms with Crippen molar-refractivity contribution < 1.29 is 0 Å². The predicted octanol–water partition coefficient (Wildman–Crippen LogP) is 3.04. The minimum atomic E-state index is 0.512. The summed E-state index contributed by atoms with van der Waals surface area (Å²) in [5.41, 5.74) is 1.33. The van der Waals surface area contributed by atoms with Gasteiger partial charge in [0.2, 0.25) is 0 Å². The zero-order valence-electron chi connectivity index (χ0n) is 8.40. The molecule has 0 fully saturated rings. The molecule has 1 heteroatoms. The molecule has 13 heavy (non-hydrogen) atoms. The van der Waals surface area contributed by atoms with Gasteiger partial charge in [-0.2, -0.15) is 0 Å². The molecule has 0 heterocycles. The van der Waals surface area contributed by atoms with E-state index in [0.717, 1.165) is 6.54 Å². The van der Waals surface area contributed by atoms with Gasteiger partial charge in [0.05, 0.1) is 0 Å². The van der Waals surface area contributed by atoms with E-state index in [-0.39, 0.29) is 0 Å². The zero-order valence-corrected chi connectivity index (χ0v) is 8.40. The van der Waals surface area contributed by atoms with Gasteiger partial charge in [-0.3, -0.25) is 0 Å². The topological polar surface area (TPSA) is 3.24 Å². The Morgan fingerprint density at radius 2 is 1.92 bits per heavy atom. The van der Waals surface area contributed by atoms with Crippen molar-refractivity contribution in [1.29, 1.82) is 0 Å². The van der Waals surface area contributed by atoms with Crippen LogP contribution in [0.2, 0.25) is 0 Å². The number of hydrogen-bond acceptors (Lipinski definition) is 1. The van der Waals surface area contributed by atoms with Gasteiger partial charge in [0.25, 0.3) is 0 Å². The summed E-state index contributed by atoms with van der Waals surface area (Å²) >= 11 is 0. The summed E-state index contributed by atoms with van der Waals surface area (Å²) in [6.45, 7) is 9.09. The molecule has 0 bridgehead atoms. The average Bonchev–Trinajstić information content (AvgIpc) is 2.15. The van der Waals surface area contributed by atoms with Gasteiger partial charge in [-0.15, -0.1) is 0 Å². The third-order valence-electron chi connectivity index (χ3n) is 2.11. The van der Waals surface area contributed by atoms with Crippen molar-refractivity contribution in [1.82, 2.24) is 4.90 Å². The van der Waals surface area contributed by atoms with Crippen LogP contribution in [0, 0.1) is 0 Å². The van der Waals surface area contributed by atoms with Gasteiger partial charge in [0.15, 0.2) is 0 Å². The molecule has 1 aromatic rings. The molecule has 0 saturated carbocycles. The van der Waals surface area contributed by atoms with Crippen LogP contribution in [0.5, 0.6) is 0 Å². The lowest BCUT2D eigenvalue weighted by Gasteiger charge is -2.24. The molecule has 0 aliphatic rings. The van der Waals surface area contributed by atoms with E-state index in [1.54, 1.807) is 0 Å². The molecule has 0 atom stereocenters. The van der Waals surface area contributed by atoms with Gasteiger partial charge >= 0.3 is 0 Å². The molecule has 0 unspecified atom stereocenters. The first kappa shape index (κ1) is 9.85. The van der Waals surface area contributed by atoms with Gasteiger partial charge in [0, 0.05) is 12.6 Å². The van der Waals surface area contributed by atoms with E-state index >= 15 is 0 Å². The number of hydrogen-bond donors (Lipinski definition) is 0. The summed E-state index contributed by atoms with van der Waals surface area (Å²) in [4.78, 5) is 2.22. The van der Waals surface area contributed by atoms with E-state index in [0.29, 0.717) is 6.04 Å². The SMILES string of the molecule is C=CN(Cc1ccccc1)C(C)C. The van der Waals surface area contributed by atoms with E-state index in [9.17, 15) is 0 Å². The molecule has 0 aromatic heterocycles. The van der Waals surface area contributed by atoms with Crippen molar-refractivity contribution in [2.45, 2.75) is 26.4 Å². The molecule has 0 radical (unpaired) electrons. The maximum Gasteiger partial charge on any atom is 0.0426 e. The lowest BCUT2D eigenvalue weighted by Crippen LogP contribution is -2.24. The molecule has 1 nitrogen and oxygen atoms in total. The highest BCUT2D eigenvalue weighted by atomic mass is 15.1. The Labute approximate surface area is 80.7 Å². The summed E-state index contributed by atoms with van der Waals surface area (Å²) in [6.07, 6.45) is 1.90. The Hall–Kier alpha value is -1.24. The molecule has 0 aliphatic heterocycles. The average molecular weight is 175 g/mol. The molecular formula is C12H17N. The second kappa shape index (κ2) is 4.70. The van der Waals surface area contributed by atoms with E-state index in [1.165, 1.54) is 5.56 Å². The summed E-state index contributed by atoms with van der Waals surface area (Å²) in [5, 5.41) is 0. The Kier molecular flexibility index (Phi) is 3.56. The maximum atomic E-state index is 3.80. The summed E-state index contributed by atoms with van der Waals surface area (Å²) in [7, 11) is 0. The van der Waals surface area contributed by atoms with Gasteiger partial charge in [-0.1, -0.05) is 36.9 Å². The fourth-order valence-corrected chi connectivity index (χ4v) is 1.25. The van der Waals surface area contributed by atoms with Gasteiger partial charge in [0.1, 0.15) is 0 Å². The highest BCUT2D eigenvalue weighted by molar-refractivity contribution is 5.14. The maximum absolute atomic E-state index is 3.80. The Morgan fingerprint density at radius 1 is 1.31 bits per heavy atom. The second-order valence-electron chi connectivity index (χ2n) is 3.43. The largest absolute Gasteiger partial charge is 0.371 e. The van der Waals surface area contributed by atoms with Crippen LogP contribution in [-0.2, 0) is 6.54 Å². The van der Waals surface area contributed by atoms with Crippen molar-refractivity contribution in [3.8, 4) is 0 Å². The standard InChI is InChI=1S/C12H17N/c1-4-13(11(2)3)10-12-8-6-5-7-9-12/h4-9,11H,1,10H2,2-3H3. The molecule has 0 saturated heterocycles. The Morgan fingerprint density at radius 3 is 2.38 bits per heavy atom. The summed E-state index contributed by atoms with van der Waals surface area (Å²) < 4.78 is 0. The van der Waals surface area contributed by atoms with Crippen molar-refractivity contribution in [3.63, 3.8) is 0 Å². The smallest absolute Gasteiger partial charge is 0.0426 e. The fourth-order valence-electron chi connectivity index (χ4n) is 1.25. The molecule has 0 N–H and O–H groups in total. The number of nitrogens with zero attached hydrogens (tertiary/aromatic N) is 1. The normalized spacial score (nSPS) is 10.1. The minimum Gasteiger partial charge on any atom is -0.371 e. The fraction of sp³-hybridized carbons (Fsp3) is 0.333. The van der Waals surface area contributed by atoms with Crippen LogP contribution in [0.3, 0.4) is 0 Å². The van der Waals surface area contributed by atoms with Gasteiger partial charge in [-0.25, -0.2) is 0 Å². The number of rotatable bonds is 4. The van der Waals surface area contributed by atoms with Crippen molar-refractivity contribution in [3.05, 3.63) is 48.7 Å².